The van der Waals surface area contributed by atoms with E-state index < -0.39 is 9.84 Å². The Hall–Kier alpha value is -0.780. The molecule has 1 N–H and O–H groups in total. The molecule has 1 rings (SSSR count). The summed E-state index contributed by atoms with van der Waals surface area (Å²) in [4.78, 5) is 14.3. The first kappa shape index (κ1) is 18.3. The Morgan fingerprint density at radius 1 is 1.29 bits per heavy atom. The minimum atomic E-state index is -3.07. The van der Waals surface area contributed by atoms with Crippen molar-refractivity contribution in [2.45, 2.75) is 65.0 Å². The minimum Gasteiger partial charge on any atom is -0.335 e. The Morgan fingerprint density at radius 2 is 1.95 bits per heavy atom. The summed E-state index contributed by atoms with van der Waals surface area (Å²) < 4.78 is 22.6. The van der Waals surface area contributed by atoms with Gasteiger partial charge in [-0.1, -0.05) is 13.8 Å². The lowest BCUT2D eigenvalue weighted by molar-refractivity contribution is 0.141. The molecule has 0 radical (unpaired) electrons. The summed E-state index contributed by atoms with van der Waals surface area (Å²) >= 11 is 0. The van der Waals surface area contributed by atoms with Crippen molar-refractivity contribution in [1.82, 2.24) is 10.2 Å². The normalized spacial score (nSPS) is 21.4. The molecule has 0 aromatic rings. The molecule has 0 aromatic heterocycles. The van der Waals surface area contributed by atoms with Gasteiger partial charge in [0, 0.05) is 24.9 Å². The highest BCUT2D eigenvalue weighted by Gasteiger charge is 2.27. The topological polar surface area (TPSA) is 66.5 Å². The Bertz CT molecular complexity index is 434. The summed E-state index contributed by atoms with van der Waals surface area (Å²) in [5, 5.41) is 2.83. The zero-order valence-corrected chi connectivity index (χ0v) is 14.6. The summed E-state index contributed by atoms with van der Waals surface area (Å²) in [7, 11) is -3.07. The largest absolute Gasteiger partial charge is 0.335 e. The molecule has 1 saturated heterocycles. The van der Waals surface area contributed by atoms with Gasteiger partial charge >= 0.3 is 6.03 Å². The van der Waals surface area contributed by atoms with E-state index >= 15 is 0 Å². The fourth-order valence-corrected chi connectivity index (χ4v) is 3.87. The quantitative estimate of drug-likeness (QED) is 0.818. The molecule has 0 aliphatic carbocycles. The van der Waals surface area contributed by atoms with Crippen LogP contribution in [0.15, 0.2) is 0 Å². The zero-order chi connectivity index (χ0) is 16.0. The molecule has 0 bridgehead atoms. The average Bonchev–Trinajstić information content (AvgIpc) is 2.34. The Kier molecular flexibility index (Phi) is 6.97. The Labute approximate surface area is 129 Å². The highest BCUT2D eigenvalue weighted by atomic mass is 32.2. The maximum atomic E-state index is 12.4. The van der Waals surface area contributed by atoms with Crippen molar-refractivity contribution in [3.05, 3.63) is 0 Å². The lowest BCUT2D eigenvalue weighted by Crippen LogP contribution is -2.51. The molecule has 2 amide bonds. The number of carbonyl (C=O) groups is 1. The number of sulfone groups is 1. The van der Waals surface area contributed by atoms with Crippen molar-refractivity contribution in [3.8, 4) is 0 Å². The van der Waals surface area contributed by atoms with Crippen molar-refractivity contribution in [2.24, 2.45) is 5.92 Å². The number of likely N-dealkylation sites (tertiary alicyclic amines) is 1. The van der Waals surface area contributed by atoms with Gasteiger partial charge in [0.2, 0.25) is 0 Å². The standard InChI is InChI=1S/C15H30N2O3S/c1-12(2)8-9-14-7-5-6-10-17(14)15(18)16-13(3)11-21(4,19)20/h12-14H,5-11H2,1-4H3,(H,16,18)/t13-,14+/m1/s1. The zero-order valence-electron chi connectivity index (χ0n) is 13.8. The molecule has 1 fully saturated rings. The van der Waals surface area contributed by atoms with Gasteiger partial charge in [-0.2, -0.15) is 0 Å². The number of hydrogen-bond acceptors (Lipinski definition) is 3. The highest BCUT2D eigenvalue weighted by Crippen LogP contribution is 2.22. The first-order valence-corrected chi connectivity index (χ1v) is 10.00. The van der Waals surface area contributed by atoms with E-state index in [4.69, 9.17) is 0 Å². The van der Waals surface area contributed by atoms with Crippen LogP contribution in [0.4, 0.5) is 4.79 Å². The molecule has 0 spiro atoms. The molecule has 5 nitrogen and oxygen atoms in total. The number of nitrogens with one attached hydrogen (secondary N) is 1. The van der Waals surface area contributed by atoms with Crippen LogP contribution in [0, 0.1) is 5.92 Å². The molecule has 124 valence electrons. The molecule has 0 unspecified atom stereocenters. The molecule has 0 aromatic carbocycles. The summed E-state index contributed by atoms with van der Waals surface area (Å²) in [5.74, 6) is 0.629. The number of nitrogens with zero attached hydrogens (tertiary/aromatic N) is 1. The van der Waals surface area contributed by atoms with Crippen LogP contribution in [0.3, 0.4) is 0 Å². The number of urea groups is 1. The molecule has 0 saturated carbocycles. The van der Waals surface area contributed by atoms with Crippen molar-refractivity contribution in [3.63, 3.8) is 0 Å². The third-order valence-corrected chi connectivity index (χ3v) is 4.99. The van der Waals surface area contributed by atoms with E-state index in [2.05, 4.69) is 19.2 Å². The maximum absolute atomic E-state index is 12.4. The maximum Gasteiger partial charge on any atom is 0.317 e. The molecule has 1 aliphatic heterocycles. The van der Waals surface area contributed by atoms with Crippen LogP contribution >= 0.6 is 0 Å². The van der Waals surface area contributed by atoms with Crippen LogP contribution in [-0.4, -0.2) is 50.0 Å². The van der Waals surface area contributed by atoms with E-state index in [1.54, 1.807) is 6.92 Å². The third kappa shape index (κ3) is 7.16. The van der Waals surface area contributed by atoms with Gasteiger partial charge in [0.15, 0.2) is 0 Å². The van der Waals surface area contributed by atoms with E-state index in [0.717, 1.165) is 32.2 Å². The summed E-state index contributed by atoms with van der Waals surface area (Å²) in [6.07, 6.45) is 6.61. The molecule has 1 aliphatic rings. The predicted octanol–water partition coefficient (Wildman–Crippen LogP) is 2.42. The Balaban J connectivity index is 2.56. The predicted molar refractivity (Wildman–Crippen MR) is 86.1 cm³/mol. The fourth-order valence-electron chi connectivity index (χ4n) is 2.88. The van der Waals surface area contributed by atoms with Gasteiger partial charge in [-0.25, -0.2) is 13.2 Å². The monoisotopic (exact) mass is 318 g/mol. The molecular formula is C15H30N2O3S. The van der Waals surface area contributed by atoms with Gasteiger partial charge < -0.3 is 10.2 Å². The highest BCUT2D eigenvalue weighted by molar-refractivity contribution is 7.90. The van der Waals surface area contributed by atoms with E-state index in [-0.39, 0.29) is 17.8 Å². The second-order valence-corrected chi connectivity index (χ2v) is 8.94. The Morgan fingerprint density at radius 3 is 2.52 bits per heavy atom. The number of carbonyl (C=O) groups excluding carboxylic acids is 1. The third-order valence-electron chi connectivity index (χ3n) is 3.89. The lowest BCUT2D eigenvalue weighted by Gasteiger charge is -2.36. The van der Waals surface area contributed by atoms with E-state index in [0.29, 0.717) is 12.0 Å². The van der Waals surface area contributed by atoms with Crippen LogP contribution in [-0.2, 0) is 9.84 Å². The molecule has 2 atom stereocenters. The van der Waals surface area contributed by atoms with Gasteiger partial charge in [0.1, 0.15) is 9.84 Å². The van der Waals surface area contributed by atoms with Crippen molar-refractivity contribution in [1.29, 1.82) is 0 Å². The minimum absolute atomic E-state index is 0.0107. The summed E-state index contributed by atoms with van der Waals surface area (Å²) in [5.41, 5.74) is 0. The molecule has 1 heterocycles. The second kappa shape index (κ2) is 8.01. The number of piperidine rings is 1. The first-order valence-electron chi connectivity index (χ1n) is 7.94. The van der Waals surface area contributed by atoms with Crippen molar-refractivity contribution < 1.29 is 13.2 Å². The summed E-state index contributed by atoms with van der Waals surface area (Å²) in [6.45, 7) is 6.91. The lowest BCUT2D eigenvalue weighted by atomic mass is 9.95. The molecule has 21 heavy (non-hydrogen) atoms. The van der Waals surface area contributed by atoms with Crippen LogP contribution in [0.1, 0.15) is 52.9 Å². The second-order valence-electron chi connectivity index (χ2n) is 6.76. The first-order chi connectivity index (χ1) is 9.69. The van der Waals surface area contributed by atoms with Gasteiger partial charge in [0.25, 0.3) is 0 Å². The van der Waals surface area contributed by atoms with Gasteiger partial charge in [0.05, 0.1) is 5.75 Å². The van der Waals surface area contributed by atoms with Crippen LogP contribution in [0.25, 0.3) is 0 Å². The number of hydrogen-bond donors (Lipinski definition) is 1. The van der Waals surface area contributed by atoms with E-state index in [1.807, 2.05) is 4.90 Å². The van der Waals surface area contributed by atoms with Crippen LogP contribution < -0.4 is 5.32 Å². The molecular weight excluding hydrogens is 288 g/mol. The SMILES string of the molecule is CC(C)CC[C@@H]1CCCCN1C(=O)N[C@H](C)CS(C)(=O)=O. The van der Waals surface area contributed by atoms with Crippen molar-refractivity contribution >= 4 is 15.9 Å². The summed E-state index contributed by atoms with van der Waals surface area (Å²) in [6, 6.07) is -0.161. The van der Waals surface area contributed by atoms with Gasteiger partial charge in [-0.15, -0.1) is 0 Å². The number of amides is 2. The van der Waals surface area contributed by atoms with E-state index in [1.165, 1.54) is 12.7 Å². The van der Waals surface area contributed by atoms with E-state index in [9.17, 15) is 13.2 Å². The molecule has 6 heteroatoms. The average molecular weight is 318 g/mol. The number of rotatable bonds is 6. The van der Waals surface area contributed by atoms with Crippen molar-refractivity contribution in [2.75, 3.05) is 18.6 Å². The van der Waals surface area contributed by atoms with Gasteiger partial charge in [-0.3, -0.25) is 0 Å². The fraction of sp³-hybridized carbons (Fsp3) is 0.933. The van der Waals surface area contributed by atoms with Crippen LogP contribution in [0.2, 0.25) is 0 Å². The smallest absolute Gasteiger partial charge is 0.317 e. The van der Waals surface area contributed by atoms with Crippen LogP contribution in [0.5, 0.6) is 0 Å². The van der Waals surface area contributed by atoms with Gasteiger partial charge in [-0.05, 0) is 44.9 Å².